The maximum atomic E-state index is 11.7. The molecule has 0 fully saturated rings. The number of benzene rings is 2. The second kappa shape index (κ2) is 11.5. The normalized spacial score (nSPS) is 17.2. The van der Waals surface area contributed by atoms with E-state index in [4.69, 9.17) is 4.74 Å². The molecule has 3 rings (SSSR count). The smallest absolute Gasteiger partial charge is 0.185 e. The van der Waals surface area contributed by atoms with Crippen LogP contribution < -0.4 is 4.74 Å². The molecule has 2 heteroatoms. The lowest BCUT2D eigenvalue weighted by atomic mass is 9.95. The van der Waals surface area contributed by atoms with Crippen molar-refractivity contribution in [3.05, 3.63) is 77.9 Å². The van der Waals surface area contributed by atoms with Gasteiger partial charge >= 0.3 is 0 Å². The number of carbonyl (C=O) groups excluding carboxylic acids is 1. The zero-order chi connectivity index (χ0) is 20.4. The highest BCUT2D eigenvalue weighted by molar-refractivity contribution is 6.04. The van der Waals surface area contributed by atoms with Crippen molar-refractivity contribution in [3.63, 3.8) is 0 Å². The van der Waals surface area contributed by atoms with E-state index in [1.165, 1.54) is 49.3 Å². The summed E-state index contributed by atoms with van der Waals surface area (Å²) in [5.41, 5.74) is 3.38. The van der Waals surface area contributed by atoms with Gasteiger partial charge in [-0.3, -0.25) is 4.79 Å². The number of ether oxygens (including phenoxy) is 1. The Bertz CT molecular complexity index is 745. The van der Waals surface area contributed by atoms with Crippen LogP contribution >= 0.6 is 0 Å². The second-order valence-electron chi connectivity index (χ2n) is 7.14. The van der Waals surface area contributed by atoms with Crippen LogP contribution in [-0.4, -0.2) is 5.78 Å². The van der Waals surface area contributed by atoms with Crippen molar-refractivity contribution in [1.82, 2.24) is 0 Å². The number of fused-ring (bicyclic) bond motifs is 1. The van der Waals surface area contributed by atoms with Crippen molar-refractivity contribution in [3.8, 4) is 5.75 Å². The summed E-state index contributed by atoms with van der Waals surface area (Å²) in [5, 5.41) is 0. The Balaban J connectivity index is 0.00000136. The van der Waals surface area contributed by atoms with Crippen LogP contribution in [0.5, 0.6) is 5.75 Å². The van der Waals surface area contributed by atoms with Gasteiger partial charge in [0, 0.05) is 11.5 Å². The van der Waals surface area contributed by atoms with Crippen molar-refractivity contribution < 1.29 is 9.53 Å². The van der Waals surface area contributed by atoms with E-state index in [1.54, 1.807) is 0 Å². The van der Waals surface area contributed by atoms with E-state index < -0.39 is 0 Å². The molecule has 1 aliphatic carbocycles. The molecule has 2 atom stereocenters. The Morgan fingerprint density at radius 2 is 1.79 bits per heavy atom. The lowest BCUT2D eigenvalue weighted by Gasteiger charge is -2.22. The van der Waals surface area contributed by atoms with E-state index in [0.717, 1.165) is 12.2 Å². The first kappa shape index (κ1) is 21.9. The van der Waals surface area contributed by atoms with Gasteiger partial charge in [0.2, 0.25) is 0 Å². The van der Waals surface area contributed by atoms with E-state index in [9.17, 15) is 4.79 Å². The van der Waals surface area contributed by atoms with E-state index in [0.29, 0.717) is 11.5 Å². The number of ketones is 1. The van der Waals surface area contributed by atoms with Crippen LogP contribution in [0.2, 0.25) is 0 Å². The van der Waals surface area contributed by atoms with Gasteiger partial charge in [-0.1, -0.05) is 77.3 Å². The summed E-state index contributed by atoms with van der Waals surface area (Å²) in [7, 11) is 0. The minimum atomic E-state index is -0.0587. The number of hydrogen-bond acceptors (Lipinski definition) is 2. The Kier molecular flexibility index (Phi) is 9.00. The molecular formula is C26H34O2. The van der Waals surface area contributed by atoms with Crippen LogP contribution in [0.4, 0.5) is 0 Å². The molecule has 0 spiro atoms. The first-order valence-electron chi connectivity index (χ1n) is 10.7. The fraction of sp³-hybridized carbons (Fsp3) is 0.423. The van der Waals surface area contributed by atoms with Crippen LogP contribution in [0.3, 0.4) is 0 Å². The summed E-state index contributed by atoms with van der Waals surface area (Å²) in [6.45, 7) is 9.79. The first-order chi connectivity index (χ1) is 13.7. The van der Waals surface area contributed by atoms with Gasteiger partial charge < -0.3 is 4.74 Å². The summed E-state index contributed by atoms with van der Waals surface area (Å²) in [6, 6.07) is 16.1. The number of rotatable bonds is 9. The van der Waals surface area contributed by atoms with Gasteiger partial charge in [-0.25, -0.2) is 0 Å². The van der Waals surface area contributed by atoms with Crippen LogP contribution in [0.15, 0.2) is 61.2 Å². The van der Waals surface area contributed by atoms with Crippen LogP contribution in [0.25, 0.3) is 0 Å². The minimum Gasteiger partial charge on any atom is -0.485 e. The fourth-order valence-corrected chi connectivity index (χ4v) is 3.85. The Hall–Kier alpha value is -2.35. The summed E-state index contributed by atoms with van der Waals surface area (Å²) >= 11 is 0. The highest BCUT2D eigenvalue weighted by Gasteiger charge is 2.33. The number of allylic oxidation sites excluding steroid dienone is 1. The van der Waals surface area contributed by atoms with Crippen molar-refractivity contribution in [1.29, 1.82) is 0 Å². The van der Waals surface area contributed by atoms with Crippen molar-refractivity contribution >= 4 is 5.78 Å². The molecular weight excluding hydrogens is 344 g/mol. The zero-order valence-electron chi connectivity index (χ0n) is 17.6. The molecule has 2 aromatic carbocycles. The van der Waals surface area contributed by atoms with E-state index >= 15 is 0 Å². The molecule has 0 heterocycles. The third-order valence-corrected chi connectivity index (χ3v) is 5.29. The SMILES string of the molecule is C=CC(=O)c1ccc(O[C@H]2c3ccccc3C[C@@H]2CCCCCC)cc1.CC. The molecule has 0 saturated heterocycles. The number of unbranched alkanes of at least 4 members (excludes halogenated alkanes) is 3. The van der Waals surface area contributed by atoms with Crippen molar-refractivity contribution in [2.24, 2.45) is 5.92 Å². The highest BCUT2D eigenvalue weighted by Crippen LogP contribution is 2.41. The molecule has 28 heavy (non-hydrogen) atoms. The summed E-state index contributed by atoms with van der Waals surface area (Å²) < 4.78 is 6.40. The molecule has 1 aliphatic rings. The maximum absolute atomic E-state index is 11.7. The third-order valence-electron chi connectivity index (χ3n) is 5.29. The van der Waals surface area contributed by atoms with Crippen molar-refractivity contribution in [2.45, 2.75) is 65.4 Å². The standard InChI is InChI=1S/C24H28O2.C2H6/c1-3-5-6-7-11-20-17-19-10-8-9-12-22(19)24(20)26-21-15-13-18(14-16-21)23(25)4-2;1-2/h4,8-10,12-16,20,24H,2-3,5-7,11,17H2,1H3;1-2H3/t20-,24+;/m0./s1. The van der Waals surface area contributed by atoms with Crippen LogP contribution in [0.1, 0.15) is 80.5 Å². The molecule has 0 aliphatic heterocycles. The quantitative estimate of drug-likeness (QED) is 0.259. The molecule has 0 unspecified atom stereocenters. The summed E-state index contributed by atoms with van der Waals surface area (Å²) in [6.07, 6.45) is 8.88. The molecule has 150 valence electrons. The van der Waals surface area contributed by atoms with E-state index in [1.807, 2.05) is 38.1 Å². The zero-order valence-corrected chi connectivity index (χ0v) is 17.6. The number of hydrogen-bond donors (Lipinski definition) is 0. The van der Waals surface area contributed by atoms with Gasteiger partial charge in [0.15, 0.2) is 5.78 Å². The number of carbonyl (C=O) groups is 1. The average molecular weight is 379 g/mol. The largest absolute Gasteiger partial charge is 0.485 e. The predicted molar refractivity (Wildman–Crippen MR) is 118 cm³/mol. The molecule has 0 radical (unpaired) electrons. The van der Waals surface area contributed by atoms with Gasteiger partial charge in [0.25, 0.3) is 0 Å². The van der Waals surface area contributed by atoms with E-state index in [2.05, 4.69) is 37.8 Å². The van der Waals surface area contributed by atoms with Gasteiger partial charge in [-0.05, 0) is 54.3 Å². The summed E-state index contributed by atoms with van der Waals surface area (Å²) in [4.78, 5) is 11.7. The van der Waals surface area contributed by atoms with Gasteiger partial charge in [0.05, 0.1) is 0 Å². The van der Waals surface area contributed by atoms with Crippen LogP contribution in [0, 0.1) is 5.92 Å². The molecule has 0 N–H and O–H groups in total. The maximum Gasteiger partial charge on any atom is 0.185 e. The lowest BCUT2D eigenvalue weighted by molar-refractivity contribution is 0.104. The Morgan fingerprint density at radius 3 is 2.46 bits per heavy atom. The van der Waals surface area contributed by atoms with Gasteiger partial charge in [-0.15, -0.1) is 0 Å². The molecule has 2 aromatic rings. The van der Waals surface area contributed by atoms with E-state index in [-0.39, 0.29) is 11.9 Å². The minimum absolute atomic E-state index is 0.0587. The predicted octanol–water partition coefficient (Wildman–Crippen LogP) is 7.34. The first-order valence-corrected chi connectivity index (χ1v) is 10.7. The Morgan fingerprint density at radius 1 is 1.07 bits per heavy atom. The van der Waals surface area contributed by atoms with Crippen LogP contribution in [-0.2, 0) is 6.42 Å². The summed E-state index contributed by atoms with van der Waals surface area (Å²) in [5.74, 6) is 1.29. The fourth-order valence-electron chi connectivity index (χ4n) is 3.85. The monoisotopic (exact) mass is 378 g/mol. The topological polar surface area (TPSA) is 26.3 Å². The molecule has 2 nitrogen and oxygen atoms in total. The molecule has 0 aromatic heterocycles. The molecule has 0 amide bonds. The second-order valence-corrected chi connectivity index (χ2v) is 7.14. The third kappa shape index (κ3) is 5.58. The Labute approximate surface area is 170 Å². The molecule has 0 bridgehead atoms. The molecule has 0 saturated carbocycles. The van der Waals surface area contributed by atoms with Crippen molar-refractivity contribution in [2.75, 3.05) is 0 Å². The highest BCUT2D eigenvalue weighted by atomic mass is 16.5. The van der Waals surface area contributed by atoms with Gasteiger partial charge in [0.1, 0.15) is 11.9 Å². The average Bonchev–Trinajstić information content (AvgIpc) is 3.10. The van der Waals surface area contributed by atoms with Gasteiger partial charge in [-0.2, -0.15) is 0 Å². The lowest BCUT2D eigenvalue weighted by Crippen LogP contribution is -2.14.